The van der Waals surface area contributed by atoms with Gasteiger partial charge in [0, 0.05) is 11.4 Å². The minimum Gasteiger partial charge on any atom is -0.483 e. The van der Waals surface area contributed by atoms with E-state index in [0.717, 1.165) is 29.5 Å². The molecule has 5 N–H and O–H groups in total. The fourth-order valence-electron chi connectivity index (χ4n) is 1.77. The molecule has 7 heteroatoms. The van der Waals surface area contributed by atoms with Crippen molar-refractivity contribution in [1.29, 1.82) is 0 Å². The van der Waals surface area contributed by atoms with Crippen molar-refractivity contribution >= 4 is 35.5 Å². The first-order valence-corrected chi connectivity index (χ1v) is 9.98. The Kier molecular flexibility index (Phi) is 24.6. The van der Waals surface area contributed by atoms with Crippen LogP contribution in [0.5, 0.6) is 0 Å². The molecular weight excluding hydrogens is 383 g/mol. The molecule has 0 fully saturated rings. The van der Waals surface area contributed by atoms with Crippen molar-refractivity contribution in [1.82, 2.24) is 0 Å². The lowest BCUT2D eigenvalue weighted by atomic mass is 10.0. The lowest BCUT2D eigenvalue weighted by Gasteiger charge is -2.06. The molecule has 2 aromatic rings. The lowest BCUT2D eigenvalue weighted by Crippen LogP contribution is -2.03. The van der Waals surface area contributed by atoms with Gasteiger partial charge >= 0.3 is 0 Å². The van der Waals surface area contributed by atoms with E-state index in [1.807, 2.05) is 26.8 Å². The Morgan fingerprint density at radius 2 is 1.78 bits per heavy atom. The van der Waals surface area contributed by atoms with Crippen molar-refractivity contribution in [3.8, 4) is 0 Å². The molecule has 0 aliphatic heterocycles. The van der Waals surface area contributed by atoms with Gasteiger partial charge in [-0.1, -0.05) is 51.5 Å². The van der Waals surface area contributed by atoms with Crippen LogP contribution in [0.2, 0.25) is 0 Å². The quantitative estimate of drug-likeness (QED) is 0.471. The predicted molar refractivity (Wildman–Crippen MR) is 120 cm³/mol. The van der Waals surface area contributed by atoms with Crippen molar-refractivity contribution in [2.24, 2.45) is 11.5 Å². The Labute approximate surface area is 172 Å². The zero-order valence-corrected chi connectivity index (χ0v) is 18.5. The fourth-order valence-corrected chi connectivity index (χ4v) is 2.50. The van der Waals surface area contributed by atoms with Gasteiger partial charge in [0.25, 0.3) is 6.47 Å². The smallest absolute Gasteiger partial charge is 0.290 e. The van der Waals surface area contributed by atoms with E-state index in [1.165, 1.54) is 16.5 Å². The molecule has 1 heterocycles. The second kappa shape index (κ2) is 22.2. The van der Waals surface area contributed by atoms with Gasteiger partial charge in [-0.25, -0.2) is 4.39 Å². The van der Waals surface area contributed by atoms with Crippen molar-refractivity contribution < 1.29 is 14.3 Å². The van der Waals surface area contributed by atoms with E-state index in [2.05, 4.69) is 43.2 Å². The summed E-state index contributed by atoms with van der Waals surface area (Å²) in [6.45, 7) is 10.5. The van der Waals surface area contributed by atoms with Crippen LogP contribution in [-0.4, -0.2) is 17.1 Å². The van der Waals surface area contributed by atoms with E-state index in [9.17, 15) is 4.39 Å². The Balaban J connectivity index is -0.000000326. The van der Waals surface area contributed by atoms with Crippen molar-refractivity contribution in [2.75, 3.05) is 0 Å². The fraction of sp³-hybridized carbons (Fsp3) is 0.400. The maximum Gasteiger partial charge on any atom is 0.290 e. The van der Waals surface area contributed by atoms with E-state index in [1.54, 1.807) is 17.4 Å². The maximum atomic E-state index is 13.2. The molecular formula is C20H33FN2O2S2. The van der Waals surface area contributed by atoms with Gasteiger partial charge in [0.05, 0.1) is 5.49 Å². The summed E-state index contributed by atoms with van der Waals surface area (Å²) >= 11 is 5.85. The molecule has 154 valence electrons. The summed E-state index contributed by atoms with van der Waals surface area (Å²) in [5.74, 6) is -0.125. The number of carboxylic acid groups (broad SMARTS) is 1. The molecule has 0 atom stereocenters. The van der Waals surface area contributed by atoms with Gasteiger partial charge in [0.2, 0.25) is 0 Å². The first kappa shape index (κ1) is 29.9. The van der Waals surface area contributed by atoms with Crippen LogP contribution in [0.15, 0.2) is 29.6 Å². The van der Waals surface area contributed by atoms with Crippen LogP contribution in [0.3, 0.4) is 0 Å². The molecule has 0 saturated heterocycles. The Bertz CT molecular complexity index is 583. The molecule has 0 aliphatic carbocycles. The predicted octanol–water partition coefficient (Wildman–Crippen LogP) is 5.23. The topological polar surface area (TPSA) is 89.3 Å². The molecule has 0 bridgehead atoms. The highest BCUT2D eigenvalue weighted by Crippen LogP contribution is 2.14. The SMILES string of the molecule is CC.CCCc1c(F)cccc1CN.Cc1ccsc1C.NC=S.O=CO. The normalized spacial score (nSPS) is 8.11. The number of halogens is 1. The summed E-state index contributed by atoms with van der Waals surface area (Å²) in [7, 11) is 0. The molecule has 0 unspecified atom stereocenters. The second-order valence-corrected chi connectivity index (χ2v) is 6.13. The molecule has 0 radical (unpaired) electrons. The lowest BCUT2D eigenvalue weighted by molar-refractivity contribution is -0.122. The molecule has 0 aliphatic rings. The number of benzene rings is 1. The first-order chi connectivity index (χ1) is 12.9. The van der Waals surface area contributed by atoms with Crippen LogP contribution in [0.4, 0.5) is 4.39 Å². The second-order valence-electron chi connectivity index (χ2n) is 4.73. The highest BCUT2D eigenvalue weighted by Gasteiger charge is 2.04. The molecule has 2 rings (SSSR count). The van der Waals surface area contributed by atoms with Gasteiger partial charge < -0.3 is 16.6 Å². The van der Waals surface area contributed by atoms with E-state index < -0.39 is 0 Å². The summed E-state index contributed by atoms with van der Waals surface area (Å²) in [5, 5.41) is 9.00. The van der Waals surface area contributed by atoms with Gasteiger partial charge in [-0.2, -0.15) is 0 Å². The van der Waals surface area contributed by atoms with Crippen LogP contribution in [0.1, 0.15) is 48.8 Å². The number of aryl methyl sites for hydroxylation is 2. The van der Waals surface area contributed by atoms with Crippen LogP contribution in [0, 0.1) is 19.7 Å². The van der Waals surface area contributed by atoms with Crippen LogP contribution >= 0.6 is 23.6 Å². The van der Waals surface area contributed by atoms with E-state index in [4.69, 9.17) is 15.6 Å². The molecule has 0 amide bonds. The Hall–Kier alpha value is -1.83. The van der Waals surface area contributed by atoms with Gasteiger partial charge in [-0.15, -0.1) is 11.3 Å². The average Bonchev–Trinajstić information content (AvgIpc) is 3.03. The van der Waals surface area contributed by atoms with Crippen molar-refractivity contribution in [3.05, 3.63) is 57.0 Å². The number of carbonyl (C=O) groups is 1. The number of thiocarbonyl (C=S) groups is 1. The zero-order chi connectivity index (χ0) is 21.7. The number of nitrogens with two attached hydrogens (primary N) is 2. The number of hydrogen-bond acceptors (Lipinski definition) is 4. The largest absolute Gasteiger partial charge is 0.483 e. The molecule has 1 aromatic carbocycles. The molecule has 0 spiro atoms. The summed E-state index contributed by atoms with van der Waals surface area (Å²) in [4.78, 5) is 9.79. The standard InChI is InChI=1S/C10H14FN.C6H8S.C2H6.CH3NS.CH2O2/c1-2-4-9-8(7-12)5-3-6-10(9)11;1-5-3-4-7-6(5)2;1-2;2*2-1-3/h3,5-6H,2,4,7,12H2,1H3;3-4H,1-2H3;1-2H3;1H,(H2,2,3);1H,(H,2,3). The van der Waals surface area contributed by atoms with Crippen LogP contribution in [-0.2, 0) is 17.8 Å². The number of hydrogen-bond donors (Lipinski definition) is 3. The van der Waals surface area contributed by atoms with E-state index in [0.29, 0.717) is 6.54 Å². The molecule has 27 heavy (non-hydrogen) atoms. The summed E-state index contributed by atoms with van der Waals surface area (Å²) in [6.07, 6.45) is 1.73. The molecule has 1 aromatic heterocycles. The van der Waals surface area contributed by atoms with Gasteiger partial charge in [-0.3, -0.25) is 4.79 Å². The molecule has 4 nitrogen and oxygen atoms in total. The number of thiophene rings is 1. The highest BCUT2D eigenvalue weighted by molar-refractivity contribution is 7.78. The van der Waals surface area contributed by atoms with E-state index >= 15 is 0 Å². The van der Waals surface area contributed by atoms with Crippen LogP contribution < -0.4 is 11.5 Å². The summed E-state index contributed by atoms with van der Waals surface area (Å²) in [6, 6.07) is 7.22. The first-order valence-electron chi connectivity index (χ1n) is 8.63. The number of rotatable bonds is 3. The third kappa shape index (κ3) is 16.1. The van der Waals surface area contributed by atoms with Gasteiger partial charge in [0.15, 0.2) is 0 Å². The van der Waals surface area contributed by atoms with E-state index in [-0.39, 0.29) is 12.3 Å². The van der Waals surface area contributed by atoms with Crippen molar-refractivity contribution in [2.45, 2.75) is 54.0 Å². The average molecular weight is 417 g/mol. The summed E-state index contributed by atoms with van der Waals surface area (Å²) < 4.78 is 13.2. The van der Waals surface area contributed by atoms with Gasteiger partial charge in [0.1, 0.15) is 5.82 Å². The Morgan fingerprint density at radius 1 is 1.26 bits per heavy atom. The molecule has 0 saturated carbocycles. The monoisotopic (exact) mass is 416 g/mol. The minimum absolute atomic E-state index is 0.125. The third-order valence-corrected chi connectivity index (χ3v) is 4.00. The summed E-state index contributed by atoms with van der Waals surface area (Å²) in [5.41, 5.74) is 14.2. The maximum absolute atomic E-state index is 13.2. The highest BCUT2D eigenvalue weighted by atomic mass is 32.1. The van der Waals surface area contributed by atoms with Crippen LogP contribution in [0.25, 0.3) is 0 Å². The van der Waals surface area contributed by atoms with Crippen molar-refractivity contribution in [3.63, 3.8) is 0 Å². The van der Waals surface area contributed by atoms with Gasteiger partial charge in [-0.05, 0) is 54.5 Å². The zero-order valence-electron chi connectivity index (χ0n) is 16.9. The third-order valence-electron chi connectivity index (χ3n) is 3.05. The minimum atomic E-state index is -0.250. The Morgan fingerprint density at radius 3 is 2.07 bits per heavy atom.